The van der Waals surface area contributed by atoms with Crippen molar-refractivity contribution < 1.29 is 49.3 Å². The minimum absolute atomic E-state index is 0.00882. The molecule has 7 atom stereocenters. The normalized spacial score (nSPS) is 18.5. The molecule has 1 aliphatic heterocycles. The first-order valence-corrected chi connectivity index (χ1v) is 34.1. The van der Waals surface area contributed by atoms with E-state index in [1.54, 1.807) is 6.08 Å². The van der Waals surface area contributed by atoms with Crippen LogP contribution >= 0.6 is 0 Å². The zero-order valence-electron chi connectivity index (χ0n) is 51.6. The number of hydrogen-bond acceptors (Lipinski definition) is 10. The van der Waals surface area contributed by atoms with Crippen LogP contribution in [0.2, 0.25) is 0 Å². The summed E-state index contributed by atoms with van der Waals surface area (Å²) in [6, 6.07) is -0.807. The van der Waals surface area contributed by atoms with Crippen LogP contribution in [0.25, 0.3) is 0 Å². The number of amides is 1. The van der Waals surface area contributed by atoms with Gasteiger partial charge < -0.3 is 45.1 Å². The quantitative estimate of drug-likeness (QED) is 0.0195. The molecule has 0 bridgehead atoms. The smallest absolute Gasteiger partial charge is 0.305 e. The number of unbranched alkanes of at least 4 members (excludes halogenated alkanes) is 44. The van der Waals surface area contributed by atoms with Crippen LogP contribution in [0, 0.1) is 0 Å². The highest BCUT2D eigenvalue weighted by molar-refractivity contribution is 5.76. The van der Waals surface area contributed by atoms with Gasteiger partial charge in [-0.1, -0.05) is 289 Å². The van der Waals surface area contributed by atoms with Crippen LogP contribution in [-0.2, 0) is 23.8 Å². The van der Waals surface area contributed by atoms with Crippen molar-refractivity contribution in [2.45, 2.75) is 378 Å². The third kappa shape index (κ3) is 47.2. The molecule has 1 rings (SSSR count). The highest BCUT2D eigenvalue weighted by atomic mass is 16.7. The summed E-state index contributed by atoms with van der Waals surface area (Å²) in [6.45, 7) is 4.35. The van der Waals surface area contributed by atoms with E-state index in [1.165, 1.54) is 257 Å². The lowest BCUT2D eigenvalue weighted by molar-refractivity contribution is -0.302. The summed E-state index contributed by atoms with van der Waals surface area (Å²) >= 11 is 0. The standard InChI is InChI=1S/C68H129NO10/c1-3-5-7-9-11-13-35-40-44-48-52-56-64(73)77-57-53-49-45-41-37-34-32-30-28-26-24-22-20-18-16-15-17-19-21-23-25-27-29-31-33-36-39-43-47-51-55-63(72)69-60(59-78-68-67(76)66(75)65(74)62(58-70)79-68)61(71)54-50-46-42-38-14-12-10-8-6-4-2/h16,18,50,54,60-62,65-68,70-71,74-76H,3-15,17,19-49,51-53,55-59H2,1-2H3,(H,69,72)/b18-16-,54-50+. The topological polar surface area (TPSA) is 175 Å². The van der Waals surface area contributed by atoms with Crippen molar-refractivity contribution in [3.05, 3.63) is 24.3 Å². The number of nitrogens with one attached hydrogen (secondary N) is 1. The monoisotopic (exact) mass is 1120 g/mol. The fraction of sp³-hybridized carbons (Fsp3) is 0.912. The number of ether oxygens (including phenoxy) is 3. The van der Waals surface area contributed by atoms with E-state index in [2.05, 4.69) is 31.3 Å². The van der Waals surface area contributed by atoms with Crippen LogP contribution in [0.4, 0.5) is 0 Å². The van der Waals surface area contributed by atoms with Crippen molar-refractivity contribution in [2.75, 3.05) is 19.8 Å². The summed E-state index contributed by atoms with van der Waals surface area (Å²) < 4.78 is 16.7. The zero-order chi connectivity index (χ0) is 57.3. The zero-order valence-corrected chi connectivity index (χ0v) is 51.6. The Morgan fingerprint density at radius 1 is 0.456 bits per heavy atom. The molecule has 11 nitrogen and oxygen atoms in total. The molecule has 0 saturated carbocycles. The first-order chi connectivity index (χ1) is 38.7. The first-order valence-electron chi connectivity index (χ1n) is 34.1. The van der Waals surface area contributed by atoms with Crippen LogP contribution in [0.5, 0.6) is 0 Å². The van der Waals surface area contributed by atoms with Crippen molar-refractivity contribution in [3.63, 3.8) is 0 Å². The Bertz CT molecular complexity index is 1360. The van der Waals surface area contributed by atoms with E-state index < -0.39 is 49.5 Å². The Morgan fingerprint density at radius 3 is 1.22 bits per heavy atom. The molecule has 1 amide bonds. The van der Waals surface area contributed by atoms with Crippen molar-refractivity contribution in [1.29, 1.82) is 0 Å². The van der Waals surface area contributed by atoms with Gasteiger partial charge in [-0.2, -0.15) is 0 Å². The third-order valence-electron chi connectivity index (χ3n) is 16.3. The van der Waals surface area contributed by atoms with Crippen molar-refractivity contribution >= 4 is 11.9 Å². The molecule has 6 N–H and O–H groups in total. The summed E-state index contributed by atoms with van der Waals surface area (Å²) in [4.78, 5) is 25.0. The van der Waals surface area contributed by atoms with Gasteiger partial charge in [0, 0.05) is 12.8 Å². The SMILES string of the molecule is CCCCCCCCCC/C=C/C(O)C(COC1OC(CO)C(O)C(O)C1O)NC(=O)CCCCCCCCCCCCCCCC/C=C\CCCCCCCCCCCCCCOC(=O)CCCCCCCCCCCCC. The van der Waals surface area contributed by atoms with E-state index in [0.717, 1.165) is 51.4 Å². The highest BCUT2D eigenvalue weighted by Crippen LogP contribution is 2.23. The van der Waals surface area contributed by atoms with Gasteiger partial charge >= 0.3 is 5.97 Å². The number of aliphatic hydroxyl groups excluding tert-OH is 5. The van der Waals surface area contributed by atoms with Crippen molar-refractivity contribution in [1.82, 2.24) is 5.32 Å². The van der Waals surface area contributed by atoms with Crippen LogP contribution in [-0.4, -0.2) is 100 Å². The molecule has 0 aliphatic carbocycles. The van der Waals surface area contributed by atoms with Gasteiger partial charge in [0.2, 0.25) is 5.91 Å². The molecule has 1 saturated heterocycles. The van der Waals surface area contributed by atoms with Gasteiger partial charge in [0.05, 0.1) is 32.0 Å². The average molecular weight is 1120 g/mol. The lowest BCUT2D eigenvalue weighted by atomic mass is 9.99. The molecule has 0 aromatic heterocycles. The first kappa shape index (κ1) is 75.2. The van der Waals surface area contributed by atoms with Gasteiger partial charge in [0.15, 0.2) is 6.29 Å². The minimum Gasteiger partial charge on any atom is -0.466 e. The number of hydrogen-bond donors (Lipinski definition) is 6. The maximum atomic E-state index is 13.0. The minimum atomic E-state index is -1.57. The number of rotatable bonds is 60. The van der Waals surface area contributed by atoms with Gasteiger partial charge in [0.1, 0.15) is 24.4 Å². The lowest BCUT2D eigenvalue weighted by Gasteiger charge is -2.40. The summed E-state index contributed by atoms with van der Waals surface area (Å²) in [7, 11) is 0. The Hall–Kier alpha value is -1.86. The maximum absolute atomic E-state index is 13.0. The molecule has 1 fully saturated rings. The van der Waals surface area contributed by atoms with Crippen LogP contribution < -0.4 is 5.32 Å². The molecular formula is C68H129NO10. The molecule has 0 radical (unpaired) electrons. The molecule has 1 heterocycles. The second-order valence-electron chi connectivity index (χ2n) is 23.9. The van der Waals surface area contributed by atoms with Crippen molar-refractivity contribution in [3.8, 4) is 0 Å². The third-order valence-corrected chi connectivity index (χ3v) is 16.3. The molecule has 466 valence electrons. The van der Waals surface area contributed by atoms with E-state index in [9.17, 15) is 35.1 Å². The number of carbonyl (C=O) groups is 2. The number of aliphatic hydroxyl groups is 5. The van der Waals surface area contributed by atoms with E-state index in [0.29, 0.717) is 19.4 Å². The molecule has 0 aromatic rings. The predicted molar refractivity (Wildman–Crippen MR) is 329 cm³/mol. The Kier molecular flexibility index (Phi) is 55.1. The summed E-state index contributed by atoms with van der Waals surface area (Å²) in [5.74, 6) is -0.171. The van der Waals surface area contributed by atoms with Crippen LogP contribution in [0.15, 0.2) is 24.3 Å². The van der Waals surface area contributed by atoms with Crippen LogP contribution in [0.3, 0.4) is 0 Å². The molecule has 1 aliphatic rings. The molecule has 0 aromatic carbocycles. The van der Waals surface area contributed by atoms with Gasteiger partial charge in [-0.25, -0.2) is 0 Å². The van der Waals surface area contributed by atoms with E-state index >= 15 is 0 Å². The average Bonchev–Trinajstić information content (AvgIpc) is 3.51. The second-order valence-corrected chi connectivity index (χ2v) is 23.9. The summed E-state index contributed by atoms with van der Waals surface area (Å²) in [5, 5.41) is 54.3. The lowest BCUT2D eigenvalue weighted by Crippen LogP contribution is -2.60. The molecule has 0 spiro atoms. The van der Waals surface area contributed by atoms with E-state index in [4.69, 9.17) is 14.2 Å². The Labute approximate surface area is 486 Å². The predicted octanol–water partition coefficient (Wildman–Crippen LogP) is 16.8. The molecular weight excluding hydrogens is 991 g/mol. The molecule has 79 heavy (non-hydrogen) atoms. The van der Waals surface area contributed by atoms with Crippen molar-refractivity contribution in [2.24, 2.45) is 0 Å². The summed E-state index contributed by atoms with van der Waals surface area (Å²) in [5.41, 5.74) is 0. The fourth-order valence-corrected chi connectivity index (χ4v) is 10.9. The number of allylic oxidation sites excluding steroid dienone is 3. The van der Waals surface area contributed by atoms with E-state index in [1.807, 2.05) is 6.08 Å². The Morgan fingerprint density at radius 2 is 0.810 bits per heavy atom. The maximum Gasteiger partial charge on any atom is 0.305 e. The van der Waals surface area contributed by atoms with Crippen LogP contribution in [0.1, 0.15) is 335 Å². The second kappa shape index (κ2) is 57.9. The largest absolute Gasteiger partial charge is 0.466 e. The summed E-state index contributed by atoms with van der Waals surface area (Å²) in [6.07, 6.45) is 61.7. The molecule has 11 heteroatoms. The van der Waals surface area contributed by atoms with Gasteiger partial charge in [-0.3, -0.25) is 9.59 Å². The number of carbonyl (C=O) groups excluding carboxylic acids is 2. The molecule has 7 unspecified atom stereocenters. The van der Waals surface area contributed by atoms with E-state index in [-0.39, 0.29) is 18.5 Å². The highest BCUT2D eigenvalue weighted by Gasteiger charge is 2.44. The van der Waals surface area contributed by atoms with Gasteiger partial charge in [0.25, 0.3) is 0 Å². The van der Waals surface area contributed by atoms with Gasteiger partial charge in [-0.15, -0.1) is 0 Å². The van der Waals surface area contributed by atoms with Gasteiger partial charge in [-0.05, 0) is 57.8 Å². The number of esters is 1. The fourth-order valence-electron chi connectivity index (χ4n) is 10.9. The Balaban J connectivity index is 1.95.